The van der Waals surface area contributed by atoms with E-state index in [0.717, 1.165) is 16.3 Å². The van der Waals surface area contributed by atoms with Gasteiger partial charge in [-0.3, -0.25) is 4.79 Å². The molecule has 0 saturated heterocycles. The molecule has 8 nitrogen and oxygen atoms in total. The molecule has 0 aromatic heterocycles. The maximum Gasteiger partial charge on any atom is 0.344 e. The number of esters is 1. The summed E-state index contributed by atoms with van der Waals surface area (Å²) in [4.78, 5) is 24.5. The van der Waals surface area contributed by atoms with Gasteiger partial charge in [0.2, 0.25) is 10.0 Å². The number of hydrogen-bond donors (Lipinski definition) is 1. The van der Waals surface area contributed by atoms with Crippen molar-refractivity contribution in [3.05, 3.63) is 53.6 Å². The number of carbonyl (C=O) groups excluding carboxylic acids is 2. The molecule has 0 aliphatic carbocycles. The fourth-order valence-electron chi connectivity index (χ4n) is 2.59. The van der Waals surface area contributed by atoms with Crippen molar-refractivity contribution in [3.8, 4) is 5.75 Å². The van der Waals surface area contributed by atoms with Crippen molar-refractivity contribution in [2.75, 3.05) is 26.0 Å². The molecule has 0 aliphatic heterocycles. The number of nitrogens with zero attached hydrogens (tertiary/aromatic N) is 1. The normalized spacial score (nSPS) is 12.3. The molecule has 2 rings (SSSR count). The van der Waals surface area contributed by atoms with Crippen LogP contribution in [0.2, 0.25) is 0 Å². The average molecular weight is 449 g/mol. The van der Waals surface area contributed by atoms with Gasteiger partial charge in [-0.15, -0.1) is 0 Å². The zero-order valence-corrected chi connectivity index (χ0v) is 19.2. The number of hydrogen-bond acceptors (Lipinski definition) is 6. The van der Waals surface area contributed by atoms with Gasteiger partial charge in [0.25, 0.3) is 5.91 Å². The average Bonchev–Trinajstić information content (AvgIpc) is 2.73. The van der Waals surface area contributed by atoms with Gasteiger partial charge in [0.05, 0.1) is 4.90 Å². The van der Waals surface area contributed by atoms with E-state index in [1.165, 1.54) is 33.2 Å². The molecule has 1 atom stereocenters. The second-order valence-corrected chi connectivity index (χ2v) is 9.32. The lowest BCUT2D eigenvalue weighted by molar-refractivity contribution is -0.155. The van der Waals surface area contributed by atoms with Crippen LogP contribution in [0.3, 0.4) is 0 Å². The first kappa shape index (κ1) is 24.4. The highest BCUT2D eigenvalue weighted by atomic mass is 32.2. The van der Waals surface area contributed by atoms with Crippen LogP contribution < -0.4 is 10.1 Å². The van der Waals surface area contributed by atoms with Crippen LogP contribution in [-0.4, -0.2) is 51.4 Å². The fraction of sp³-hybridized carbons (Fsp3) is 0.364. The highest BCUT2D eigenvalue weighted by Crippen LogP contribution is 2.22. The van der Waals surface area contributed by atoms with Gasteiger partial charge in [0.15, 0.2) is 12.7 Å². The van der Waals surface area contributed by atoms with Crippen LogP contribution in [0.1, 0.15) is 25.0 Å². The van der Waals surface area contributed by atoms with Crippen LogP contribution in [0.15, 0.2) is 47.4 Å². The minimum absolute atomic E-state index is 0.0468. The molecule has 0 spiro atoms. The first-order valence-electron chi connectivity index (χ1n) is 9.79. The van der Waals surface area contributed by atoms with Crippen LogP contribution in [0, 0.1) is 6.92 Å². The minimum Gasteiger partial charge on any atom is -0.482 e. The maximum absolute atomic E-state index is 12.5. The van der Waals surface area contributed by atoms with Crippen molar-refractivity contribution in [2.45, 2.75) is 38.2 Å². The van der Waals surface area contributed by atoms with Gasteiger partial charge >= 0.3 is 5.97 Å². The number of ether oxygens (including phenoxy) is 2. The lowest BCUT2D eigenvalue weighted by Crippen LogP contribution is -2.32. The largest absolute Gasteiger partial charge is 0.482 e. The van der Waals surface area contributed by atoms with E-state index in [9.17, 15) is 18.0 Å². The minimum atomic E-state index is -3.65. The molecular weight excluding hydrogens is 420 g/mol. The number of sulfonamides is 1. The van der Waals surface area contributed by atoms with Crippen molar-refractivity contribution in [1.82, 2.24) is 4.31 Å². The Hall–Kier alpha value is -2.91. The smallest absolute Gasteiger partial charge is 0.344 e. The number of aryl methyl sites for hydroxylation is 2. The van der Waals surface area contributed by atoms with Crippen molar-refractivity contribution in [1.29, 1.82) is 0 Å². The lowest BCUT2D eigenvalue weighted by Gasteiger charge is -2.17. The van der Waals surface area contributed by atoms with E-state index in [4.69, 9.17) is 9.47 Å². The summed E-state index contributed by atoms with van der Waals surface area (Å²) in [5.74, 6) is -0.744. The lowest BCUT2D eigenvalue weighted by atomic mass is 10.2. The van der Waals surface area contributed by atoms with E-state index in [2.05, 4.69) is 5.32 Å². The van der Waals surface area contributed by atoms with Crippen LogP contribution in [-0.2, 0) is 30.8 Å². The Morgan fingerprint density at radius 2 is 1.74 bits per heavy atom. The molecule has 0 radical (unpaired) electrons. The molecule has 0 saturated carbocycles. The molecule has 31 heavy (non-hydrogen) atoms. The molecule has 0 bridgehead atoms. The van der Waals surface area contributed by atoms with Gasteiger partial charge < -0.3 is 14.8 Å². The molecule has 1 unspecified atom stereocenters. The summed E-state index contributed by atoms with van der Waals surface area (Å²) in [6, 6.07) is 11.8. The third kappa shape index (κ3) is 6.53. The first-order chi connectivity index (χ1) is 14.5. The van der Waals surface area contributed by atoms with Crippen molar-refractivity contribution >= 4 is 27.6 Å². The molecule has 1 amide bonds. The quantitative estimate of drug-likeness (QED) is 0.592. The van der Waals surface area contributed by atoms with Gasteiger partial charge in [0, 0.05) is 19.8 Å². The highest BCUT2D eigenvalue weighted by Gasteiger charge is 2.22. The molecular formula is C22H28N2O6S. The summed E-state index contributed by atoms with van der Waals surface area (Å²) in [6.45, 7) is 4.87. The molecule has 168 valence electrons. The van der Waals surface area contributed by atoms with E-state index < -0.39 is 28.0 Å². The molecule has 0 fully saturated rings. The molecule has 2 aromatic rings. The number of carbonyl (C=O) groups is 2. The van der Waals surface area contributed by atoms with Crippen LogP contribution in [0.25, 0.3) is 0 Å². The number of nitrogens with one attached hydrogen (secondary N) is 1. The second-order valence-electron chi connectivity index (χ2n) is 7.17. The molecule has 0 aliphatic rings. The summed E-state index contributed by atoms with van der Waals surface area (Å²) < 4.78 is 36.2. The number of benzene rings is 2. The van der Waals surface area contributed by atoms with Crippen LogP contribution in [0.4, 0.5) is 5.69 Å². The topological polar surface area (TPSA) is 102 Å². The predicted octanol–water partition coefficient (Wildman–Crippen LogP) is 2.76. The van der Waals surface area contributed by atoms with Gasteiger partial charge in [0.1, 0.15) is 5.75 Å². The van der Waals surface area contributed by atoms with Crippen molar-refractivity contribution in [3.63, 3.8) is 0 Å². The first-order valence-corrected chi connectivity index (χ1v) is 11.2. The van der Waals surface area contributed by atoms with Crippen molar-refractivity contribution < 1.29 is 27.5 Å². The fourth-order valence-corrected chi connectivity index (χ4v) is 3.52. The van der Waals surface area contributed by atoms with Gasteiger partial charge in [-0.25, -0.2) is 17.5 Å². The van der Waals surface area contributed by atoms with Crippen LogP contribution in [0.5, 0.6) is 5.75 Å². The Kier molecular flexibility index (Phi) is 8.18. The Balaban J connectivity index is 1.96. The summed E-state index contributed by atoms with van der Waals surface area (Å²) >= 11 is 0. The zero-order chi connectivity index (χ0) is 23.2. The Morgan fingerprint density at radius 1 is 1.10 bits per heavy atom. The van der Waals surface area contributed by atoms with Gasteiger partial charge in [-0.2, -0.15) is 0 Å². The second kappa shape index (κ2) is 10.4. The number of rotatable bonds is 9. The standard InChI is InChI=1S/C22H28N2O6S/c1-6-17-8-10-18(11-9-17)29-14-21(25)30-16(3)22(26)23-20-13-19(12-7-15(20)2)31(27,28)24(4)5/h7-13,16H,6,14H2,1-5H3,(H,23,26). The SMILES string of the molecule is CCc1ccc(OCC(=O)OC(C)C(=O)Nc2cc(S(=O)(=O)N(C)C)ccc2C)cc1. The summed E-state index contributed by atoms with van der Waals surface area (Å²) in [5, 5.41) is 2.61. The molecule has 0 heterocycles. The monoisotopic (exact) mass is 448 g/mol. The molecule has 9 heteroatoms. The van der Waals surface area contributed by atoms with Gasteiger partial charge in [-0.1, -0.05) is 25.1 Å². The van der Waals surface area contributed by atoms with E-state index in [0.29, 0.717) is 17.0 Å². The Bertz CT molecular complexity index is 1030. The van der Waals surface area contributed by atoms with Crippen molar-refractivity contribution in [2.24, 2.45) is 0 Å². The predicted molar refractivity (Wildman–Crippen MR) is 118 cm³/mol. The van der Waals surface area contributed by atoms with E-state index >= 15 is 0 Å². The summed E-state index contributed by atoms with van der Waals surface area (Å²) in [7, 11) is -0.798. The van der Waals surface area contributed by atoms with E-state index in [1.807, 2.05) is 19.1 Å². The Morgan fingerprint density at radius 3 is 2.32 bits per heavy atom. The number of amides is 1. The maximum atomic E-state index is 12.5. The van der Waals surface area contributed by atoms with Gasteiger partial charge in [-0.05, 0) is 55.7 Å². The Labute approximate surface area is 183 Å². The van der Waals surface area contributed by atoms with E-state index in [-0.39, 0.29) is 11.5 Å². The summed E-state index contributed by atoms with van der Waals surface area (Å²) in [6.07, 6.45) is -0.189. The third-order valence-electron chi connectivity index (χ3n) is 4.61. The van der Waals surface area contributed by atoms with E-state index in [1.54, 1.807) is 25.1 Å². The highest BCUT2D eigenvalue weighted by molar-refractivity contribution is 7.89. The number of anilines is 1. The third-order valence-corrected chi connectivity index (χ3v) is 6.42. The zero-order valence-electron chi connectivity index (χ0n) is 18.3. The summed E-state index contributed by atoms with van der Waals surface area (Å²) in [5.41, 5.74) is 2.14. The molecule has 2 aromatic carbocycles. The van der Waals surface area contributed by atoms with Crippen LogP contribution >= 0.6 is 0 Å². The molecule has 1 N–H and O–H groups in total.